The lowest BCUT2D eigenvalue weighted by Gasteiger charge is -2.41. The predicted molar refractivity (Wildman–Crippen MR) is 135 cm³/mol. The highest BCUT2D eigenvalue weighted by atomic mass is 19.4. The Morgan fingerprint density at radius 1 is 1.10 bits per heavy atom. The molecule has 1 fully saturated rings. The molecule has 3 aromatic rings. The highest BCUT2D eigenvalue weighted by Crippen LogP contribution is 2.45. The molecule has 3 N–H and O–H groups in total. The molecule has 13 heteroatoms. The average Bonchev–Trinajstić information content (AvgIpc) is 3.18. The van der Waals surface area contributed by atoms with E-state index in [1.807, 2.05) is 4.90 Å². The van der Waals surface area contributed by atoms with Gasteiger partial charge in [0.05, 0.1) is 19.3 Å². The van der Waals surface area contributed by atoms with Crippen LogP contribution >= 0.6 is 0 Å². The first-order valence-corrected chi connectivity index (χ1v) is 12.7. The topological polar surface area (TPSA) is 72.1 Å². The van der Waals surface area contributed by atoms with Crippen molar-refractivity contribution in [2.75, 3.05) is 38.2 Å². The first-order chi connectivity index (χ1) is 18.4. The second-order valence-corrected chi connectivity index (χ2v) is 10.3. The van der Waals surface area contributed by atoms with Crippen LogP contribution in [0.25, 0.3) is 11.0 Å². The van der Waals surface area contributed by atoms with Gasteiger partial charge in [0, 0.05) is 47.9 Å². The number of hydrogen-bond donors (Lipinski definition) is 3. The highest BCUT2D eigenvalue weighted by molar-refractivity contribution is 6.58. The zero-order valence-electron chi connectivity index (χ0n) is 21.1. The molecule has 0 spiro atoms. The zero-order chi connectivity index (χ0) is 28.1. The summed E-state index contributed by atoms with van der Waals surface area (Å²) in [5.41, 5.74) is 0.475. The van der Waals surface area contributed by atoms with Crippen molar-refractivity contribution in [3.05, 3.63) is 58.9 Å². The Labute approximate surface area is 221 Å². The number of likely N-dealkylation sites (tertiary alicyclic amines) is 1. The number of furan rings is 1. The molecule has 2 unspecified atom stereocenters. The number of rotatable bonds is 8. The van der Waals surface area contributed by atoms with E-state index in [0.717, 1.165) is 17.0 Å². The van der Waals surface area contributed by atoms with Crippen LogP contribution in [0.15, 0.2) is 34.7 Å². The number of hydrogen-bond acceptors (Lipinski definition) is 6. The molecule has 0 amide bonds. The van der Waals surface area contributed by atoms with Gasteiger partial charge in [0.1, 0.15) is 29.0 Å². The fraction of sp³-hybridized carbons (Fsp3) is 0.462. The van der Waals surface area contributed by atoms with Gasteiger partial charge in [-0.25, -0.2) is 8.78 Å². The smallest absolute Gasteiger partial charge is 0.459 e. The quantitative estimate of drug-likeness (QED) is 0.291. The number of benzene rings is 2. The molecule has 3 heterocycles. The molecule has 0 radical (unpaired) electrons. The van der Waals surface area contributed by atoms with Crippen LogP contribution < -0.4 is 10.8 Å². The van der Waals surface area contributed by atoms with Crippen molar-refractivity contribution in [1.29, 1.82) is 0 Å². The van der Waals surface area contributed by atoms with Crippen LogP contribution in [0.4, 0.5) is 32.0 Å². The number of nitrogens with one attached hydrogen (secondary N) is 1. The number of anilines is 1. The molecule has 0 aliphatic carbocycles. The molecule has 1 aromatic heterocycles. The van der Waals surface area contributed by atoms with Gasteiger partial charge in [0.25, 0.3) is 0 Å². The summed E-state index contributed by atoms with van der Waals surface area (Å²) in [5.74, 6) is -2.05. The van der Waals surface area contributed by atoms with E-state index in [-0.39, 0.29) is 35.0 Å². The van der Waals surface area contributed by atoms with Gasteiger partial charge >= 0.3 is 13.3 Å². The van der Waals surface area contributed by atoms with E-state index in [1.54, 1.807) is 6.92 Å². The minimum absolute atomic E-state index is 0.0158. The van der Waals surface area contributed by atoms with Crippen LogP contribution in [0.3, 0.4) is 0 Å². The first kappa shape index (κ1) is 27.8. The molecular weight excluding hydrogens is 527 g/mol. The lowest BCUT2D eigenvalue weighted by Crippen LogP contribution is -2.54. The second-order valence-electron chi connectivity index (χ2n) is 10.3. The van der Waals surface area contributed by atoms with E-state index in [2.05, 4.69) is 5.32 Å². The van der Waals surface area contributed by atoms with Crippen LogP contribution in [0.2, 0.25) is 0 Å². The monoisotopic (exact) mass is 555 g/mol. The van der Waals surface area contributed by atoms with Gasteiger partial charge in [0.15, 0.2) is 0 Å². The third-order valence-electron chi connectivity index (χ3n) is 7.44. The Morgan fingerprint density at radius 2 is 1.79 bits per heavy atom. The standard InChI is InChI=1S/C26H28BF6N3O3/c1-14-7-19-18-8-15(27(37)38)3-4-22(18)39-25(19)24(36(14)13-26(31,32)33)23-20(29)9-16(10-21(23)30)34-17-11-35(12-17)6-2-5-28/h3-4,8-10,14,17,24,34,37-38H,2,5-7,11-13H2,1H3. The van der Waals surface area contributed by atoms with Crippen molar-refractivity contribution in [3.63, 3.8) is 0 Å². The van der Waals surface area contributed by atoms with Crippen molar-refractivity contribution in [1.82, 2.24) is 9.80 Å². The summed E-state index contributed by atoms with van der Waals surface area (Å²) >= 11 is 0. The Morgan fingerprint density at radius 3 is 2.41 bits per heavy atom. The molecule has 0 saturated carbocycles. The Hall–Kier alpha value is -2.74. The molecule has 2 aromatic carbocycles. The summed E-state index contributed by atoms with van der Waals surface area (Å²) < 4.78 is 90.4. The van der Waals surface area contributed by atoms with Crippen LogP contribution in [0.1, 0.15) is 36.3 Å². The van der Waals surface area contributed by atoms with Crippen LogP contribution in [-0.2, 0) is 6.42 Å². The van der Waals surface area contributed by atoms with E-state index < -0.39 is 55.8 Å². The Balaban J connectivity index is 1.53. The summed E-state index contributed by atoms with van der Waals surface area (Å²) in [5, 5.41) is 22.6. The predicted octanol–water partition coefficient (Wildman–Crippen LogP) is 3.74. The van der Waals surface area contributed by atoms with Gasteiger partial charge in [-0.15, -0.1) is 0 Å². The van der Waals surface area contributed by atoms with Crippen LogP contribution in [-0.4, -0.2) is 78.1 Å². The second kappa shape index (κ2) is 10.7. The van der Waals surface area contributed by atoms with Crippen LogP contribution in [0.5, 0.6) is 0 Å². The van der Waals surface area contributed by atoms with Gasteiger partial charge in [0.2, 0.25) is 0 Å². The lowest BCUT2D eigenvalue weighted by molar-refractivity contribution is -0.156. The molecule has 2 atom stereocenters. The minimum Gasteiger partial charge on any atom is -0.459 e. The molecule has 5 rings (SSSR count). The van der Waals surface area contributed by atoms with Gasteiger partial charge in [-0.05, 0) is 43.4 Å². The summed E-state index contributed by atoms with van der Waals surface area (Å²) in [6.07, 6.45) is -4.13. The van der Waals surface area contributed by atoms with Crippen molar-refractivity contribution in [3.8, 4) is 0 Å². The fourth-order valence-corrected chi connectivity index (χ4v) is 5.64. The maximum atomic E-state index is 15.6. The molecule has 1 saturated heterocycles. The van der Waals surface area contributed by atoms with E-state index in [1.165, 1.54) is 18.2 Å². The summed E-state index contributed by atoms with van der Waals surface area (Å²) in [7, 11) is -1.78. The maximum absolute atomic E-state index is 15.6. The largest absolute Gasteiger partial charge is 0.488 e. The zero-order valence-corrected chi connectivity index (χ0v) is 21.1. The fourth-order valence-electron chi connectivity index (χ4n) is 5.64. The minimum atomic E-state index is -4.64. The maximum Gasteiger partial charge on any atom is 0.488 e. The summed E-state index contributed by atoms with van der Waals surface area (Å²) in [4.78, 5) is 2.98. The van der Waals surface area contributed by atoms with Gasteiger partial charge in [-0.1, -0.05) is 12.1 Å². The highest BCUT2D eigenvalue weighted by Gasteiger charge is 2.45. The van der Waals surface area contributed by atoms with Gasteiger partial charge in [-0.3, -0.25) is 14.2 Å². The van der Waals surface area contributed by atoms with E-state index in [9.17, 15) is 27.6 Å². The molecule has 6 nitrogen and oxygen atoms in total. The molecular formula is C26H28BF6N3O3. The third-order valence-corrected chi connectivity index (χ3v) is 7.44. The first-order valence-electron chi connectivity index (χ1n) is 12.7. The number of halogens is 6. The van der Waals surface area contributed by atoms with Gasteiger partial charge in [-0.2, -0.15) is 13.2 Å². The SMILES string of the molecule is CC1Cc2c(oc3ccc(B(O)O)cc23)C(c2c(F)cc(NC3CN(CCCF)C3)cc2F)N1CC(F)(F)F. The lowest BCUT2D eigenvalue weighted by atomic mass is 9.79. The van der Waals surface area contributed by atoms with E-state index in [4.69, 9.17) is 4.42 Å². The number of fused-ring (bicyclic) bond motifs is 3. The Kier molecular flexibility index (Phi) is 7.62. The van der Waals surface area contributed by atoms with Crippen molar-refractivity contribution >= 4 is 29.2 Å². The van der Waals surface area contributed by atoms with Crippen molar-refractivity contribution in [2.24, 2.45) is 0 Å². The molecule has 2 aliphatic heterocycles. The number of nitrogens with zero attached hydrogens (tertiary/aromatic N) is 2. The average molecular weight is 555 g/mol. The third kappa shape index (κ3) is 5.63. The molecule has 0 bridgehead atoms. The molecule has 210 valence electrons. The summed E-state index contributed by atoms with van der Waals surface area (Å²) in [6, 6.07) is 4.07. The van der Waals surface area contributed by atoms with E-state index >= 15 is 8.78 Å². The molecule has 2 aliphatic rings. The summed E-state index contributed by atoms with van der Waals surface area (Å²) in [6.45, 7) is 1.46. The van der Waals surface area contributed by atoms with Gasteiger partial charge < -0.3 is 19.8 Å². The van der Waals surface area contributed by atoms with Crippen LogP contribution in [0, 0.1) is 11.6 Å². The Bertz CT molecular complexity index is 1320. The normalized spacial score (nSPS) is 20.7. The van der Waals surface area contributed by atoms with Crippen molar-refractivity contribution < 1.29 is 40.8 Å². The van der Waals surface area contributed by atoms with E-state index in [0.29, 0.717) is 37.0 Å². The molecule has 39 heavy (non-hydrogen) atoms. The number of alkyl halides is 4. The van der Waals surface area contributed by atoms with Crippen molar-refractivity contribution in [2.45, 2.75) is 44.1 Å².